The van der Waals surface area contributed by atoms with Gasteiger partial charge in [0, 0.05) is 13.7 Å². The highest BCUT2D eigenvalue weighted by molar-refractivity contribution is 5.34. The molecule has 1 fully saturated rings. The summed E-state index contributed by atoms with van der Waals surface area (Å²) in [7, 11) is 3.45. The van der Waals surface area contributed by atoms with Gasteiger partial charge in [0.25, 0.3) is 0 Å². The molecule has 94 valence electrons. The Bertz CT molecular complexity index is 354. The van der Waals surface area contributed by atoms with Gasteiger partial charge < -0.3 is 14.8 Å². The number of hydrogen-bond acceptors (Lipinski definition) is 3. The monoisotopic (exact) mass is 235 g/mol. The summed E-state index contributed by atoms with van der Waals surface area (Å²) < 4.78 is 10.3. The third-order valence-corrected chi connectivity index (χ3v) is 3.33. The Kier molecular flexibility index (Phi) is 4.40. The number of benzene rings is 1. The SMILES string of the molecule is COCCNCC1CC1c1cccc(OC)c1. The Morgan fingerprint density at radius 1 is 1.35 bits per heavy atom. The predicted molar refractivity (Wildman–Crippen MR) is 68.6 cm³/mol. The number of ether oxygens (including phenoxy) is 2. The van der Waals surface area contributed by atoms with Crippen LogP contribution >= 0.6 is 0 Å². The molecule has 1 aliphatic carbocycles. The first-order valence-electron chi connectivity index (χ1n) is 6.18. The Balaban J connectivity index is 1.77. The van der Waals surface area contributed by atoms with Gasteiger partial charge in [0.1, 0.15) is 5.75 Å². The summed E-state index contributed by atoms with van der Waals surface area (Å²) in [5.74, 6) is 2.44. The summed E-state index contributed by atoms with van der Waals surface area (Å²) in [6.45, 7) is 2.82. The molecule has 1 aromatic carbocycles. The maximum Gasteiger partial charge on any atom is 0.119 e. The summed E-state index contributed by atoms with van der Waals surface area (Å²) in [5.41, 5.74) is 1.41. The molecule has 1 N–H and O–H groups in total. The van der Waals surface area contributed by atoms with Gasteiger partial charge >= 0.3 is 0 Å². The van der Waals surface area contributed by atoms with Crippen molar-refractivity contribution in [3.63, 3.8) is 0 Å². The van der Waals surface area contributed by atoms with Gasteiger partial charge in [-0.2, -0.15) is 0 Å². The first-order valence-corrected chi connectivity index (χ1v) is 6.18. The van der Waals surface area contributed by atoms with Gasteiger partial charge in [-0.25, -0.2) is 0 Å². The summed E-state index contributed by atoms with van der Waals surface area (Å²) in [4.78, 5) is 0. The minimum atomic E-state index is 0.708. The second kappa shape index (κ2) is 6.03. The van der Waals surface area contributed by atoms with Gasteiger partial charge in [-0.3, -0.25) is 0 Å². The van der Waals surface area contributed by atoms with E-state index in [0.717, 1.165) is 31.4 Å². The molecule has 0 aromatic heterocycles. The van der Waals surface area contributed by atoms with Crippen LogP contribution in [0.5, 0.6) is 5.75 Å². The van der Waals surface area contributed by atoms with Crippen LogP contribution in [0.15, 0.2) is 24.3 Å². The third-order valence-electron chi connectivity index (χ3n) is 3.33. The van der Waals surface area contributed by atoms with E-state index in [9.17, 15) is 0 Å². The lowest BCUT2D eigenvalue weighted by atomic mass is 10.1. The van der Waals surface area contributed by atoms with Crippen LogP contribution in [0, 0.1) is 5.92 Å². The van der Waals surface area contributed by atoms with Gasteiger partial charge in [0.15, 0.2) is 0 Å². The minimum Gasteiger partial charge on any atom is -0.497 e. The molecule has 1 aliphatic rings. The third kappa shape index (κ3) is 3.45. The Labute approximate surface area is 103 Å². The van der Waals surface area contributed by atoms with Crippen molar-refractivity contribution in [3.8, 4) is 5.75 Å². The van der Waals surface area contributed by atoms with Crippen LogP contribution in [-0.4, -0.2) is 33.9 Å². The maximum atomic E-state index is 5.25. The first-order chi connectivity index (χ1) is 8.35. The number of rotatable bonds is 7. The van der Waals surface area contributed by atoms with Gasteiger partial charge in [-0.1, -0.05) is 12.1 Å². The lowest BCUT2D eigenvalue weighted by Crippen LogP contribution is -2.21. The minimum absolute atomic E-state index is 0.708. The van der Waals surface area contributed by atoms with Crippen LogP contribution in [0.4, 0.5) is 0 Å². The fourth-order valence-corrected chi connectivity index (χ4v) is 2.22. The molecule has 2 rings (SSSR count). The molecule has 0 saturated heterocycles. The molecule has 1 aromatic rings. The normalized spacial score (nSPS) is 22.5. The summed E-state index contributed by atoms with van der Waals surface area (Å²) in [6, 6.07) is 8.42. The lowest BCUT2D eigenvalue weighted by molar-refractivity contribution is 0.199. The van der Waals surface area contributed by atoms with E-state index in [2.05, 4.69) is 23.5 Å². The van der Waals surface area contributed by atoms with Crippen LogP contribution in [0.1, 0.15) is 17.9 Å². The van der Waals surface area contributed by atoms with E-state index in [4.69, 9.17) is 9.47 Å². The van der Waals surface area contributed by atoms with Crippen molar-refractivity contribution in [1.82, 2.24) is 5.32 Å². The Morgan fingerprint density at radius 3 is 3.00 bits per heavy atom. The van der Waals surface area contributed by atoms with Crippen molar-refractivity contribution < 1.29 is 9.47 Å². The second-order valence-electron chi connectivity index (χ2n) is 4.58. The van der Waals surface area contributed by atoms with Crippen LogP contribution < -0.4 is 10.1 Å². The second-order valence-corrected chi connectivity index (χ2v) is 4.58. The number of hydrogen-bond donors (Lipinski definition) is 1. The molecule has 0 amide bonds. The smallest absolute Gasteiger partial charge is 0.119 e. The highest BCUT2D eigenvalue weighted by Gasteiger charge is 2.37. The van der Waals surface area contributed by atoms with E-state index in [0.29, 0.717) is 5.92 Å². The van der Waals surface area contributed by atoms with Crippen molar-refractivity contribution >= 4 is 0 Å². The van der Waals surface area contributed by atoms with E-state index in [1.807, 2.05) is 6.07 Å². The summed E-state index contributed by atoms with van der Waals surface area (Å²) in [5, 5.41) is 3.42. The van der Waals surface area contributed by atoms with Crippen LogP contribution in [0.25, 0.3) is 0 Å². The average Bonchev–Trinajstić information content (AvgIpc) is 3.14. The molecule has 3 heteroatoms. The van der Waals surface area contributed by atoms with Crippen molar-refractivity contribution in [2.45, 2.75) is 12.3 Å². The van der Waals surface area contributed by atoms with E-state index in [-0.39, 0.29) is 0 Å². The van der Waals surface area contributed by atoms with E-state index in [1.54, 1.807) is 14.2 Å². The van der Waals surface area contributed by atoms with E-state index < -0.39 is 0 Å². The quantitative estimate of drug-likeness (QED) is 0.734. The maximum absolute atomic E-state index is 5.25. The largest absolute Gasteiger partial charge is 0.497 e. The molecular formula is C14H21NO2. The standard InChI is InChI=1S/C14H21NO2/c1-16-7-6-15-10-12-9-14(12)11-4-3-5-13(8-11)17-2/h3-5,8,12,14-15H,6-7,9-10H2,1-2H3. The predicted octanol–water partition coefficient (Wildman–Crippen LogP) is 2.03. The van der Waals surface area contributed by atoms with Crippen molar-refractivity contribution in [1.29, 1.82) is 0 Å². The van der Waals surface area contributed by atoms with Gasteiger partial charge in [0.05, 0.1) is 13.7 Å². The van der Waals surface area contributed by atoms with E-state index in [1.165, 1.54) is 12.0 Å². The highest BCUT2D eigenvalue weighted by Crippen LogP contribution is 2.47. The molecule has 1 saturated carbocycles. The molecule has 0 spiro atoms. The van der Waals surface area contributed by atoms with Crippen LogP contribution in [0.2, 0.25) is 0 Å². The zero-order valence-electron chi connectivity index (χ0n) is 10.6. The van der Waals surface area contributed by atoms with Gasteiger partial charge in [-0.05, 0) is 42.5 Å². The molecule has 3 nitrogen and oxygen atoms in total. The zero-order valence-corrected chi connectivity index (χ0v) is 10.6. The number of methoxy groups -OCH3 is 2. The topological polar surface area (TPSA) is 30.5 Å². The lowest BCUT2D eigenvalue weighted by Gasteiger charge is -2.05. The van der Waals surface area contributed by atoms with Gasteiger partial charge in [0.2, 0.25) is 0 Å². The average molecular weight is 235 g/mol. The Morgan fingerprint density at radius 2 is 2.24 bits per heavy atom. The van der Waals surface area contributed by atoms with Crippen LogP contribution in [0.3, 0.4) is 0 Å². The molecule has 17 heavy (non-hydrogen) atoms. The molecule has 2 atom stereocenters. The Hall–Kier alpha value is -1.06. The molecule has 0 radical (unpaired) electrons. The molecule has 2 unspecified atom stereocenters. The van der Waals surface area contributed by atoms with E-state index >= 15 is 0 Å². The van der Waals surface area contributed by atoms with Gasteiger partial charge in [-0.15, -0.1) is 0 Å². The number of nitrogens with one attached hydrogen (secondary N) is 1. The first kappa shape index (κ1) is 12.4. The van der Waals surface area contributed by atoms with Crippen LogP contribution in [-0.2, 0) is 4.74 Å². The van der Waals surface area contributed by atoms with Crippen molar-refractivity contribution in [2.24, 2.45) is 5.92 Å². The van der Waals surface area contributed by atoms with Crippen molar-refractivity contribution in [2.75, 3.05) is 33.9 Å². The fourth-order valence-electron chi connectivity index (χ4n) is 2.22. The summed E-state index contributed by atoms with van der Waals surface area (Å²) >= 11 is 0. The summed E-state index contributed by atoms with van der Waals surface area (Å²) in [6.07, 6.45) is 1.28. The fraction of sp³-hybridized carbons (Fsp3) is 0.571. The molecule has 0 heterocycles. The zero-order chi connectivity index (χ0) is 12.1. The molecule has 0 bridgehead atoms. The van der Waals surface area contributed by atoms with Crippen molar-refractivity contribution in [3.05, 3.63) is 29.8 Å². The highest BCUT2D eigenvalue weighted by atomic mass is 16.5. The molecule has 0 aliphatic heterocycles. The molecular weight excluding hydrogens is 214 g/mol.